The first kappa shape index (κ1) is 19.6. The van der Waals surface area contributed by atoms with E-state index in [2.05, 4.69) is 27.7 Å². The molecule has 6 heteroatoms. The number of aromatic nitrogens is 1. The molecule has 2 aromatic rings. The average Bonchev–Trinajstić information content (AvgIpc) is 3.16. The van der Waals surface area contributed by atoms with Crippen molar-refractivity contribution in [3.63, 3.8) is 0 Å². The zero-order chi connectivity index (χ0) is 19.8. The van der Waals surface area contributed by atoms with E-state index in [4.69, 9.17) is 4.52 Å². The molecule has 5 rings (SSSR count). The van der Waals surface area contributed by atoms with Gasteiger partial charge in [0.2, 0.25) is 5.91 Å². The van der Waals surface area contributed by atoms with E-state index >= 15 is 0 Å². The minimum absolute atomic E-state index is 0.262. The molecule has 1 aliphatic heterocycles. The van der Waals surface area contributed by atoms with Gasteiger partial charge < -0.3 is 14.7 Å². The first-order chi connectivity index (χ1) is 14.2. The maximum absolute atomic E-state index is 12.6. The smallest absolute Gasteiger partial charge is 0.223 e. The Morgan fingerprint density at radius 2 is 2.03 bits per heavy atom. The molecule has 2 saturated carbocycles. The topological polar surface area (TPSA) is 58.4 Å². The van der Waals surface area contributed by atoms with Gasteiger partial charge in [0.15, 0.2) is 5.58 Å². The number of nitrogens with zero attached hydrogens (tertiary/aromatic N) is 2. The standard InChI is InChI=1S/C23H33N3O2S/c1-2-15-3-5-18(6-4-15)24-23(27)19-13-17(19)14-26-10-7-16(8-11-26)21-22-20(28-25-21)9-12-29-22/h9,12,15-19H,2-8,10-11,13-14H2,1H3,(H,24,27)/t15-,17-,18-,19+/m0/s1. The largest absolute Gasteiger partial charge is 0.355 e. The number of carbonyl (C=O) groups excluding carboxylic acids is 1. The highest BCUT2D eigenvalue weighted by atomic mass is 32.1. The Kier molecular flexibility index (Phi) is 5.65. The van der Waals surface area contributed by atoms with Crippen molar-refractivity contribution in [1.82, 2.24) is 15.4 Å². The number of piperidine rings is 1. The molecule has 158 valence electrons. The molecule has 1 amide bonds. The second-order valence-corrected chi connectivity index (χ2v) is 10.4. The van der Waals surface area contributed by atoms with Crippen LogP contribution in [-0.4, -0.2) is 41.6 Å². The highest BCUT2D eigenvalue weighted by molar-refractivity contribution is 7.17. The van der Waals surface area contributed by atoms with Crippen molar-refractivity contribution in [2.75, 3.05) is 19.6 Å². The Morgan fingerprint density at radius 3 is 2.79 bits per heavy atom. The molecule has 1 saturated heterocycles. The molecule has 3 fully saturated rings. The number of amides is 1. The third-order valence-corrected chi connectivity index (χ3v) is 8.52. The van der Waals surface area contributed by atoms with Crippen molar-refractivity contribution >= 4 is 27.5 Å². The van der Waals surface area contributed by atoms with E-state index < -0.39 is 0 Å². The van der Waals surface area contributed by atoms with Gasteiger partial charge in [0, 0.05) is 24.4 Å². The van der Waals surface area contributed by atoms with E-state index in [1.54, 1.807) is 11.3 Å². The van der Waals surface area contributed by atoms with Crippen LogP contribution in [0.2, 0.25) is 0 Å². The number of hydrogen-bond donors (Lipinski definition) is 1. The molecule has 0 bridgehead atoms. The van der Waals surface area contributed by atoms with Crippen LogP contribution in [0.3, 0.4) is 0 Å². The van der Waals surface area contributed by atoms with Crippen LogP contribution in [0.15, 0.2) is 16.0 Å². The van der Waals surface area contributed by atoms with Crippen LogP contribution in [0.1, 0.15) is 69.9 Å². The lowest BCUT2D eigenvalue weighted by molar-refractivity contribution is -0.123. The summed E-state index contributed by atoms with van der Waals surface area (Å²) in [5.41, 5.74) is 2.10. The van der Waals surface area contributed by atoms with Crippen LogP contribution in [0, 0.1) is 17.8 Å². The minimum atomic E-state index is 0.262. The van der Waals surface area contributed by atoms with Crippen LogP contribution in [-0.2, 0) is 4.79 Å². The quantitative estimate of drug-likeness (QED) is 0.737. The number of fused-ring (bicyclic) bond motifs is 1. The summed E-state index contributed by atoms with van der Waals surface area (Å²) in [6.07, 6.45) is 9.57. The Balaban J connectivity index is 1.05. The van der Waals surface area contributed by atoms with Crippen molar-refractivity contribution in [3.8, 4) is 0 Å². The summed E-state index contributed by atoms with van der Waals surface area (Å²) >= 11 is 1.74. The number of likely N-dealkylation sites (tertiary alicyclic amines) is 1. The van der Waals surface area contributed by atoms with Crippen LogP contribution in [0.5, 0.6) is 0 Å². The van der Waals surface area contributed by atoms with Crippen LogP contribution >= 0.6 is 11.3 Å². The lowest BCUT2D eigenvalue weighted by Gasteiger charge is -2.31. The predicted octanol–water partition coefficient (Wildman–Crippen LogP) is 4.79. The lowest BCUT2D eigenvalue weighted by atomic mass is 9.84. The lowest BCUT2D eigenvalue weighted by Crippen LogP contribution is -2.39. The SMILES string of the molecule is CC[C@H]1CC[C@H](NC(=O)[C@@H]2C[C@H]2CN2CCC(c3noc4ccsc34)CC2)CC1. The van der Waals surface area contributed by atoms with Gasteiger partial charge in [-0.25, -0.2) is 0 Å². The molecule has 3 aliphatic rings. The molecule has 1 N–H and O–H groups in total. The number of rotatable bonds is 6. The highest BCUT2D eigenvalue weighted by Crippen LogP contribution is 2.41. The van der Waals surface area contributed by atoms with Crippen molar-refractivity contribution in [3.05, 3.63) is 17.1 Å². The van der Waals surface area contributed by atoms with Gasteiger partial charge in [0.05, 0.1) is 4.70 Å². The number of carbonyl (C=O) groups is 1. The van der Waals surface area contributed by atoms with E-state index in [0.29, 0.717) is 23.8 Å². The predicted molar refractivity (Wildman–Crippen MR) is 116 cm³/mol. The summed E-state index contributed by atoms with van der Waals surface area (Å²) in [4.78, 5) is 15.2. The molecule has 2 aromatic heterocycles. The fraction of sp³-hybridized carbons (Fsp3) is 0.739. The summed E-state index contributed by atoms with van der Waals surface area (Å²) in [7, 11) is 0. The molecule has 0 unspecified atom stereocenters. The maximum Gasteiger partial charge on any atom is 0.223 e. The summed E-state index contributed by atoms with van der Waals surface area (Å²) in [5, 5.41) is 9.79. The molecule has 29 heavy (non-hydrogen) atoms. The second kappa shape index (κ2) is 8.38. The van der Waals surface area contributed by atoms with Gasteiger partial charge in [-0.2, -0.15) is 0 Å². The average molecular weight is 416 g/mol. The molecule has 5 nitrogen and oxygen atoms in total. The molecular weight excluding hydrogens is 382 g/mol. The second-order valence-electron chi connectivity index (χ2n) is 9.49. The molecular formula is C23H33N3O2S. The molecule has 2 aliphatic carbocycles. The summed E-state index contributed by atoms with van der Waals surface area (Å²) < 4.78 is 6.69. The molecule has 0 aromatic carbocycles. The van der Waals surface area contributed by atoms with Gasteiger partial charge in [0.25, 0.3) is 0 Å². The van der Waals surface area contributed by atoms with Gasteiger partial charge in [-0.1, -0.05) is 18.5 Å². The van der Waals surface area contributed by atoms with E-state index in [-0.39, 0.29) is 5.92 Å². The Labute approximate surface area is 177 Å². The summed E-state index contributed by atoms with van der Waals surface area (Å²) in [5.74, 6) is 2.55. The highest BCUT2D eigenvalue weighted by Gasteiger charge is 2.44. The van der Waals surface area contributed by atoms with E-state index in [1.807, 2.05) is 6.07 Å². The number of hydrogen-bond acceptors (Lipinski definition) is 5. The van der Waals surface area contributed by atoms with E-state index in [9.17, 15) is 4.79 Å². The first-order valence-corrected chi connectivity index (χ1v) is 12.4. The van der Waals surface area contributed by atoms with Crippen molar-refractivity contribution in [1.29, 1.82) is 0 Å². The minimum Gasteiger partial charge on any atom is -0.355 e. The van der Waals surface area contributed by atoms with Gasteiger partial charge in [0.1, 0.15) is 5.69 Å². The Bertz CT molecular complexity index is 830. The van der Waals surface area contributed by atoms with Crippen LogP contribution in [0.4, 0.5) is 0 Å². The van der Waals surface area contributed by atoms with Gasteiger partial charge in [-0.3, -0.25) is 4.79 Å². The Morgan fingerprint density at radius 1 is 1.24 bits per heavy atom. The Hall–Kier alpha value is -1.40. The zero-order valence-electron chi connectivity index (χ0n) is 17.4. The van der Waals surface area contributed by atoms with Gasteiger partial charge >= 0.3 is 0 Å². The monoisotopic (exact) mass is 415 g/mol. The van der Waals surface area contributed by atoms with E-state index in [0.717, 1.165) is 56.1 Å². The van der Waals surface area contributed by atoms with Crippen molar-refractivity contribution < 1.29 is 9.32 Å². The zero-order valence-corrected chi connectivity index (χ0v) is 18.3. The third kappa shape index (κ3) is 4.24. The molecule has 3 heterocycles. The van der Waals surface area contributed by atoms with Crippen molar-refractivity contribution in [2.24, 2.45) is 17.8 Å². The van der Waals surface area contributed by atoms with Gasteiger partial charge in [-0.15, -0.1) is 11.3 Å². The molecule has 0 radical (unpaired) electrons. The van der Waals surface area contributed by atoms with Gasteiger partial charge in [-0.05, 0) is 81.3 Å². The fourth-order valence-corrected chi connectivity index (χ4v) is 6.34. The first-order valence-electron chi connectivity index (χ1n) is 11.6. The van der Waals surface area contributed by atoms with E-state index in [1.165, 1.54) is 36.8 Å². The number of nitrogens with one attached hydrogen (secondary N) is 1. The molecule has 0 spiro atoms. The van der Waals surface area contributed by atoms with Crippen LogP contribution < -0.4 is 5.32 Å². The maximum atomic E-state index is 12.6. The van der Waals surface area contributed by atoms with Crippen LogP contribution in [0.25, 0.3) is 10.3 Å². The normalized spacial score (nSPS) is 31.2. The summed E-state index contributed by atoms with van der Waals surface area (Å²) in [6.45, 7) is 5.59. The summed E-state index contributed by atoms with van der Waals surface area (Å²) in [6, 6.07) is 2.44. The van der Waals surface area contributed by atoms with Crippen molar-refractivity contribution in [2.45, 2.75) is 70.3 Å². The number of thiophene rings is 1. The molecule has 2 atom stereocenters. The third-order valence-electron chi connectivity index (χ3n) is 7.60. The fourth-order valence-electron chi connectivity index (χ4n) is 5.47.